The minimum Gasteiger partial charge on any atom is -0.497 e. The van der Waals surface area contributed by atoms with Crippen molar-refractivity contribution in [2.45, 2.75) is 77.3 Å². The van der Waals surface area contributed by atoms with E-state index in [9.17, 15) is 19.2 Å². The summed E-state index contributed by atoms with van der Waals surface area (Å²) in [5.74, 6) is 0.452. The third kappa shape index (κ3) is 6.72. The maximum atomic E-state index is 14.3. The van der Waals surface area contributed by atoms with Crippen molar-refractivity contribution in [2.75, 3.05) is 53.6 Å². The van der Waals surface area contributed by atoms with E-state index < -0.39 is 6.04 Å². The molecule has 5 rings (SSSR count). The smallest absolute Gasteiger partial charge is 0.417 e. The van der Waals surface area contributed by atoms with Gasteiger partial charge in [0.15, 0.2) is 11.0 Å². The average Bonchev–Trinajstić information content (AvgIpc) is 3.68. The number of nitrogens with one attached hydrogen (secondary N) is 1. The molecule has 252 valence electrons. The van der Waals surface area contributed by atoms with Gasteiger partial charge in [-0.2, -0.15) is 0 Å². The van der Waals surface area contributed by atoms with Gasteiger partial charge in [0.25, 0.3) is 0 Å². The number of aromatic nitrogens is 2. The van der Waals surface area contributed by atoms with Crippen LogP contribution in [0.5, 0.6) is 5.75 Å². The Morgan fingerprint density at radius 1 is 0.957 bits per heavy atom. The van der Waals surface area contributed by atoms with Crippen molar-refractivity contribution in [3.05, 3.63) is 24.0 Å². The number of aryl methyl sites for hydroxylation is 1. The van der Waals surface area contributed by atoms with Gasteiger partial charge in [0.05, 0.1) is 26.8 Å². The molecule has 12 heteroatoms. The van der Waals surface area contributed by atoms with E-state index in [0.29, 0.717) is 62.5 Å². The van der Waals surface area contributed by atoms with Crippen molar-refractivity contribution in [1.82, 2.24) is 24.6 Å². The number of amides is 4. The number of carbonyl (C=O) groups is 4. The molecule has 1 N–H and O–H groups in total. The lowest BCUT2D eigenvalue weighted by atomic mass is 9.83. The van der Waals surface area contributed by atoms with E-state index in [1.54, 1.807) is 46.6 Å². The molecule has 0 spiro atoms. The summed E-state index contributed by atoms with van der Waals surface area (Å²) in [6.07, 6.45) is 7.58. The van der Waals surface area contributed by atoms with Crippen molar-refractivity contribution >= 4 is 34.8 Å². The molecular weight excluding hydrogens is 588 g/mol. The molecule has 3 heterocycles. The lowest BCUT2D eigenvalue weighted by Gasteiger charge is -2.38. The Morgan fingerprint density at radius 2 is 1.65 bits per heavy atom. The van der Waals surface area contributed by atoms with Crippen molar-refractivity contribution in [3.8, 4) is 5.75 Å². The molecule has 0 bridgehead atoms. The fourth-order valence-electron chi connectivity index (χ4n) is 7.28. The first-order valence-corrected chi connectivity index (χ1v) is 17.0. The summed E-state index contributed by atoms with van der Waals surface area (Å²) in [7, 11) is 5.02. The molecule has 1 saturated carbocycles. The fraction of sp³-hybridized carbons (Fsp3) is 0.676. The highest BCUT2D eigenvalue weighted by molar-refractivity contribution is 5.99. The van der Waals surface area contributed by atoms with Crippen LogP contribution in [0.4, 0.5) is 4.79 Å². The first-order valence-electron chi connectivity index (χ1n) is 17.0. The number of nitrogens with zero attached hydrogens (tertiary/aromatic N) is 5. The number of methoxy groups -OCH3 is 2. The van der Waals surface area contributed by atoms with E-state index in [0.717, 1.165) is 44.9 Å². The second kappa shape index (κ2) is 14.8. The molecule has 2 aromatic rings. The van der Waals surface area contributed by atoms with Crippen LogP contribution in [0.3, 0.4) is 0 Å². The highest BCUT2D eigenvalue weighted by Crippen LogP contribution is 2.29. The van der Waals surface area contributed by atoms with Gasteiger partial charge >= 0.3 is 17.8 Å². The number of carbonyl (C=O) groups excluding carboxylic acids is 4. The minimum atomic E-state index is -0.544. The summed E-state index contributed by atoms with van der Waals surface area (Å²) < 4.78 is 14.2. The zero-order valence-electron chi connectivity index (χ0n) is 28.1. The zero-order chi connectivity index (χ0) is 33.0. The number of hydrogen-bond donors (Lipinski definition) is 1. The number of hydrogen-bond acceptors (Lipinski definition) is 6. The van der Waals surface area contributed by atoms with Gasteiger partial charge in [-0.15, -0.1) is 4.57 Å². The Balaban J connectivity index is 1.38. The second-order valence-electron chi connectivity index (χ2n) is 13.1. The van der Waals surface area contributed by atoms with Crippen molar-refractivity contribution in [2.24, 2.45) is 18.9 Å². The van der Waals surface area contributed by atoms with Crippen LogP contribution >= 0.6 is 0 Å². The maximum absolute atomic E-state index is 14.3. The standard InChI is InChI=1S/C34H50N6O6/c1-6-23(2)30(41)35-29(24-11-8-7-9-12-24)32(42)37-17-19-38(20-18-37)33(43)31-36(3)28-21-26(46-5)14-15-27(28)40(31)34(44)39-16-10-13-25(39)22-45-4/h14-15,21,23-25,29H,6-13,16-20,22H2,1-5H3/p+1/t23-,25-,29+/m1/s1. The molecule has 1 aromatic carbocycles. The summed E-state index contributed by atoms with van der Waals surface area (Å²) in [5, 5.41) is 3.11. The minimum absolute atomic E-state index is 0.0594. The van der Waals surface area contributed by atoms with E-state index in [1.807, 2.05) is 26.0 Å². The Hall–Kier alpha value is -3.67. The van der Waals surface area contributed by atoms with Crippen LogP contribution in [0.1, 0.15) is 75.8 Å². The summed E-state index contributed by atoms with van der Waals surface area (Å²) in [6, 6.07) is 4.60. The predicted octanol–water partition coefficient (Wildman–Crippen LogP) is 2.95. The molecule has 3 fully saturated rings. The van der Waals surface area contributed by atoms with Crippen LogP contribution in [0.15, 0.2) is 18.2 Å². The molecule has 46 heavy (non-hydrogen) atoms. The lowest BCUT2D eigenvalue weighted by molar-refractivity contribution is -0.647. The van der Waals surface area contributed by atoms with Crippen LogP contribution in [0.2, 0.25) is 0 Å². The first-order chi connectivity index (χ1) is 22.2. The van der Waals surface area contributed by atoms with Crippen molar-refractivity contribution in [3.63, 3.8) is 0 Å². The molecule has 0 radical (unpaired) electrons. The molecule has 1 aliphatic carbocycles. The highest BCUT2D eigenvalue weighted by Gasteiger charge is 2.42. The van der Waals surface area contributed by atoms with Gasteiger partial charge < -0.3 is 24.6 Å². The average molecular weight is 640 g/mol. The van der Waals surface area contributed by atoms with Crippen LogP contribution in [0, 0.1) is 11.8 Å². The molecule has 3 atom stereocenters. The SMILES string of the molecule is CC[C@@H](C)C(=O)N[C@H](C(=O)N1CCN(C(=O)c2n(C(=O)N3CCC[C@@H]3COC)c3ccc(OC)cc3[n+]2C)CC1)C1CCCCC1. The molecular formula is C34H51N6O6+. The monoisotopic (exact) mass is 639 g/mol. The normalized spacial score (nSPS) is 20.5. The number of ether oxygens (including phenoxy) is 2. The van der Waals surface area contributed by atoms with Crippen molar-refractivity contribution in [1.29, 1.82) is 0 Å². The van der Waals surface area contributed by atoms with E-state index in [-0.39, 0.29) is 47.5 Å². The Morgan fingerprint density at radius 3 is 2.30 bits per heavy atom. The van der Waals surface area contributed by atoms with E-state index >= 15 is 0 Å². The van der Waals surface area contributed by atoms with Gasteiger partial charge in [0, 0.05) is 51.8 Å². The quantitative estimate of drug-likeness (QED) is 0.422. The molecule has 12 nitrogen and oxygen atoms in total. The van der Waals surface area contributed by atoms with Gasteiger partial charge in [-0.3, -0.25) is 19.3 Å². The second-order valence-corrected chi connectivity index (χ2v) is 13.1. The predicted molar refractivity (Wildman–Crippen MR) is 173 cm³/mol. The lowest BCUT2D eigenvalue weighted by Crippen LogP contribution is -2.59. The summed E-state index contributed by atoms with van der Waals surface area (Å²) >= 11 is 0. The first kappa shape index (κ1) is 33.7. The van der Waals surface area contributed by atoms with Crippen LogP contribution in [-0.2, 0) is 21.4 Å². The number of rotatable bonds is 9. The number of benzene rings is 1. The van der Waals surface area contributed by atoms with Gasteiger partial charge in [0.1, 0.15) is 11.8 Å². The molecule has 3 aliphatic rings. The molecule has 2 saturated heterocycles. The third-order valence-electron chi connectivity index (χ3n) is 10.3. The molecule has 2 aliphatic heterocycles. The fourth-order valence-corrected chi connectivity index (χ4v) is 7.28. The van der Waals surface area contributed by atoms with Crippen LogP contribution in [0.25, 0.3) is 11.0 Å². The van der Waals surface area contributed by atoms with E-state index in [2.05, 4.69) is 5.32 Å². The summed E-state index contributed by atoms with van der Waals surface area (Å²) in [4.78, 5) is 60.6. The van der Waals surface area contributed by atoms with E-state index in [4.69, 9.17) is 9.47 Å². The van der Waals surface area contributed by atoms with Gasteiger partial charge in [0.2, 0.25) is 11.8 Å². The molecule has 1 aromatic heterocycles. The number of likely N-dealkylation sites (tertiary alicyclic amines) is 1. The largest absolute Gasteiger partial charge is 0.497 e. The van der Waals surface area contributed by atoms with Gasteiger partial charge in [-0.05, 0) is 50.2 Å². The Labute approximate surface area is 272 Å². The summed E-state index contributed by atoms with van der Waals surface area (Å²) in [6.45, 7) is 6.28. The summed E-state index contributed by atoms with van der Waals surface area (Å²) in [5.41, 5.74) is 1.33. The maximum Gasteiger partial charge on any atom is 0.417 e. The highest BCUT2D eigenvalue weighted by atomic mass is 16.5. The molecule has 4 amide bonds. The zero-order valence-corrected chi connectivity index (χ0v) is 28.1. The van der Waals surface area contributed by atoms with Gasteiger partial charge in [-0.1, -0.05) is 33.1 Å². The number of imidazole rings is 1. The Bertz CT molecular complexity index is 1430. The van der Waals surface area contributed by atoms with Crippen LogP contribution in [-0.4, -0.2) is 109 Å². The van der Waals surface area contributed by atoms with Gasteiger partial charge in [-0.25, -0.2) is 9.36 Å². The van der Waals surface area contributed by atoms with E-state index in [1.165, 1.54) is 4.57 Å². The number of fused-ring (bicyclic) bond motifs is 1. The number of piperazine rings is 1. The third-order valence-corrected chi connectivity index (χ3v) is 10.3. The Kier molecular flexibility index (Phi) is 10.9. The van der Waals surface area contributed by atoms with Crippen molar-refractivity contribution < 1.29 is 33.2 Å². The molecule has 0 unspecified atom stereocenters. The topological polar surface area (TPSA) is 117 Å². The van der Waals surface area contributed by atoms with Crippen LogP contribution < -0.4 is 14.6 Å².